The van der Waals surface area contributed by atoms with Crippen LogP contribution in [-0.4, -0.2) is 14.3 Å². The third kappa shape index (κ3) is 4.30. The van der Waals surface area contributed by atoms with Crippen LogP contribution >= 0.6 is 15.9 Å². The molecule has 0 atom stereocenters. The van der Waals surface area contributed by atoms with Crippen LogP contribution in [0.15, 0.2) is 57.9 Å². The normalized spacial score (nSPS) is 11.0. The minimum absolute atomic E-state index is 0.0107. The van der Waals surface area contributed by atoms with Crippen molar-refractivity contribution in [1.82, 2.24) is 0 Å². The smallest absolute Gasteiger partial charge is 0.339 e. The average molecular weight is 370 g/mol. The van der Waals surface area contributed by atoms with Crippen LogP contribution in [0.2, 0.25) is 0 Å². The van der Waals surface area contributed by atoms with E-state index in [4.69, 9.17) is 4.18 Å². The summed E-state index contributed by atoms with van der Waals surface area (Å²) in [4.78, 5) is 10.9. The Morgan fingerprint density at radius 1 is 1.14 bits per heavy atom. The van der Waals surface area contributed by atoms with E-state index in [0.717, 1.165) is 4.47 Å². The quantitative estimate of drug-likeness (QED) is 0.840. The summed E-state index contributed by atoms with van der Waals surface area (Å²) in [6, 6.07) is 12.3. The molecule has 110 valence electrons. The van der Waals surface area contributed by atoms with E-state index < -0.39 is 10.1 Å². The van der Waals surface area contributed by atoms with Gasteiger partial charge in [-0.2, -0.15) is 8.42 Å². The molecule has 0 fully saturated rings. The van der Waals surface area contributed by atoms with Crippen molar-refractivity contribution in [3.8, 4) is 5.75 Å². The molecule has 0 aromatic heterocycles. The Kier molecular flexibility index (Phi) is 4.64. The van der Waals surface area contributed by atoms with Crippen LogP contribution in [0.4, 0.5) is 5.69 Å². The fraction of sp³-hybridized carbons (Fsp3) is 0.0714. The molecule has 0 aliphatic rings. The molecule has 0 unspecified atom stereocenters. The molecular weight excluding hydrogens is 358 g/mol. The molecule has 0 aliphatic carbocycles. The van der Waals surface area contributed by atoms with Crippen LogP contribution in [-0.2, 0) is 14.9 Å². The Morgan fingerprint density at radius 3 is 2.38 bits per heavy atom. The molecule has 1 amide bonds. The molecule has 21 heavy (non-hydrogen) atoms. The Morgan fingerprint density at radius 2 is 1.81 bits per heavy atom. The first-order chi connectivity index (χ1) is 9.87. The molecule has 1 N–H and O–H groups in total. The van der Waals surface area contributed by atoms with E-state index in [1.165, 1.54) is 31.2 Å². The van der Waals surface area contributed by atoms with Crippen molar-refractivity contribution in [1.29, 1.82) is 0 Å². The van der Waals surface area contributed by atoms with Gasteiger partial charge < -0.3 is 9.50 Å². The van der Waals surface area contributed by atoms with Crippen molar-refractivity contribution in [3.63, 3.8) is 0 Å². The van der Waals surface area contributed by atoms with Crippen LogP contribution in [0.5, 0.6) is 5.75 Å². The zero-order valence-corrected chi connectivity index (χ0v) is 13.4. The molecule has 2 aromatic carbocycles. The lowest BCUT2D eigenvalue weighted by molar-refractivity contribution is -0.114. The van der Waals surface area contributed by atoms with E-state index in [9.17, 15) is 13.2 Å². The maximum Gasteiger partial charge on any atom is 0.339 e. The first kappa shape index (κ1) is 15.5. The van der Waals surface area contributed by atoms with Crippen molar-refractivity contribution < 1.29 is 17.4 Å². The van der Waals surface area contributed by atoms with Crippen LogP contribution < -0.4 is 9.50 Å². The van der Waals surface area contributed by atoms with E-state index in [-0.39, 0.29) is 16.6 Å². The van der Waals surface area contributed by atoms with Crippen LogP contribution in [0.3, 0.4) is 0 Å². The summed E-state index contributed by atoms with van der Waals surface area (Å²) in [5, 5.41) is 2.56. The number of carbonyl (C=O) groups is 1. The van der Waals surface area contributed by atoms with Crippen molar-refractivity contribution in [2.45, 2.75) is 11.8 Å². The molecule has 0 aliphatic heterocycles. The minimum atomic E-state index is -3.91. The highest BCUT2D eigenvalue weighted by Crippen LogP contribution is 2.23. The monoisotopic (exact) mass is 369 g/mol. The summed E-state index contributed by atoms with van der Waals surface area (Å²) >= 11 is 3.24. The van der Waals surface area contributed by atoms with E-state index >= 15 is 0 Å². The molecule has 0 bridgehead atoms. The molecule has 5 nitrogen and oxygen atoms in total. The Balaban J connectivity index is 2.21. The lowest BCUT2D eigenvalue weighted by Gasteiger charge is -2.08. The van der Waals surface area contributed by atoms with Gasteiger partial charge in [0, 0.05) is 17.1 Å². The summed E-state index contributed by atoms with van der Waals surface area (Å²) < 4.78 is 30.0. The Bertz CT molecular complexity index is 757. The van der Waals surface area contributed by atoms with Crippen molar-refractivity contribution >= 4 is 37.6 Å². The number of carbonyl (C=O) groups excluding carboxylic acids is 1. The second-order valence-electron chi connectivity index (χ2n) is 4.20. The SMILES string of the molecule is CC(=O)Nc1ccc(S(=O)(=O)Oc2cccc(Br)c2)cc1. The van der Waals surface area contributed by atoms with E-state index in [1.807, 2.05) is 0 Å². The van der Waals surface area contributed by atoms with Crippen molar-refractivity contribution in [3.05, 3.63) is 53.0 Å². The number of rotatable bonds is 4. The van der Waals surface area contributed by atoms with Crippen LogP contribution in [0.1, 0.15) is 6.92 Å². The zero-order valence-electron chi connectivity index (χ0n) is 11.0. The molecule has 0 saturated carbocycles. The highest BCUT2D eigenvalue weighted by atomic mass is 79.9. The number of halogens is 1. The molecule has 0 radical (unpaired) electrons. The molecule has 7 heteroatoms. The number of hydrogen-bond acceptors (Lipinski definition) is 4. The molecule has 0 saturated heterocycles. The van der Waals surface area contributed by atoms with Gasteiger partial charge in [0.1, 0.15) is 10.6 Å². The average Bonchev–Trinajstić information content (AvgIpc) is 2.38. The van der Waals surface area contributed by atoms with Gasteiger partial charge in [-0.3, -0.25) is 4.79 Å². The van der Waals surface area contributed by atoms with Gasteiger partial charge in [0.2, 0.25) is 5.91 Å². The van der Waals surface area contributed by atoms with Gasteiger partial charge in [-0.25, -0.2) is 0 Å². The topological polar surface area (TPSA) is 72.5 Å². The fourth-order valence-corrected chi connectivity index (χ4v) is 2.90. The standard InChI is InChI=1S/C14H12BrNO4S/c1-10(17)16-12-5-7-14(8-6-12)21(18,19)20-13-4-2-3-11(15)9-13/h2-9H,1H3,(H,16,17). The summed E-state index contributed by atoms with van der Waals surface area (Å²) in [5.74, 6) is -0.00805. The molecule has 0 heterocycles. The molecule has 2 aromatic rings. The first-order valence-corrected chi connectivity index (χ1v) is 8.15. The second-order valence-corrected chi connectivity index (χ2v) is 6.66. The van der Waals surface area contributed by atoms with Gasteiger partial charge in [0.05, 0.1) is 0 Å². The summed E-state index contributed by atoms with van der Waals surface area (Å²) in [5.41, 5.74) is 0.518. The maximum atomic E-state index is 12.1. The highest BCUT2D eigenvalue weighted by molar-refractivity contribution is 9.10. The minimum Gasteiger partial charge on any atom is -0.379 e. The van der Waals surface area contributed by atoms with E-state index in [0.29, 0.717) is 5.69 Å². The van der Waals surface area contributed by atoms with E-state index in [2.05, 4.69) is 21.2 Å². The van der Waals surface area contributed by atoms with Gasteiger partial charge in [0.25, 0.3) is 0 Å². The third-order valence-electron chi connectivity index (χ3n) is 2.47. The third-order valence-corrected chi connectivity index (χ3v) is 4.22. The van der Waals surface area contributed by atoms with Crippen molar-refractivity contribution in [2.24, 2.45) is 0 Å². The van der Waals surface area contributed by atoms with E-state index in [1.54, 1.807) is 24.3 Å². The predicted molar refractivity (Wildman–Crippen MR) is 82.7 cm³/mol. The Hall–Kier alpha value is -1.86. The van der Waals surface area contributed by atoms with Gasteiger partial charge >= 0.3 is 10.1 Å². The lowest BCUT2D eigenvalue weighted by Crippen LogP contribution is -2.10. The molecule has 0 spiro atoms. The number of benzene rings is 2. The largest absolute Gasteiger partial charge is 0.379 e. The van der Waals surface area contributed by atoms with Crippen LogP contribution in [0, 0.1) is 0 Å². The Labute approximate surface area is 131 Å². The number of amides is 1. The number of nitrogens with one attached hydrogen (secondary N) is 1. The molecule has 2 rings (SSSR count). The van der Waals surface area contributed by atoms with Gasteiger partial charge in [-0.1, -0.05) is 22.0 Å². The lowest BCUT2D eigenvalue weighted by atomic mass is 10.3. The fourth-order valence-electron chi connectivity index (χ4n) is 1.60. The summed E-state index contributed by atoms with van der Waals surface area (Å²) in [7, 11) is -3.91. The first-order valence-electron chi connectivity index (χ1n) is 5.94. The van der Waals surface area contributed by atoms with Crippen molar-refractivity contribution in [2.75, 3.05) is 5.32 Å². The zero-order chi connectivity index (χ0) is 15.5. The van der Waals surface area contributed by atoms with Gasteiger partial charge in [-0.15, -0.1) is 0 Å². The maximum absolute atomic E-state index is 12.1. The summed E-state index contributed by atoms with van der Waals surface area (Å²) in [6.45, 7) is 1.38. The van der Waals surface area contributed by atoms with Gasteiger partial charge in [-0.05, 0) is 42.5 Å². The highest BCUT2D eigenvalue weighted by Gasteiger charge is 2.16. The van der Waals surface area contributed by atoms with Gasteiger partial charge in [0.15, 0.2) is 0 Å². The number of hydrogen-bond donors (Lipinski definition) is 1. The summed E-state index contributed by atoms with van der Waals surface area (Å²) in [6.07, 6.45) is 0. The van der Waals surface area contributed by atoms with Crippen LogP contribution in [0.25, 0.3) is 0 Å². The number of anilines is 1. The second kappa shape index (κ2) is 6.28. The predicted octanol–water partition coefficient (Wildman–Crippen LogP) is 3.18. The molecular formula is C14H12BrNO4S.